The van der Waals surface area contributed by atoms with Crippen molar-refractivity contribution in [1.29, 1.82) is 0 Å². The SMILES string of the molecule is O=C([O-])CCc1cnc(Cl)s1. The maximum absolute atomic E-state index is 10.0. The summed E-state index contributed by atoms with van der Waals surface area (Å²) in [5.41, 5.74) is 0. The Labute approximate surface area is 72.6 Å². The van der Waals surface area contributed by atoms with Crippen LogP contribution in [0, 0.1) is 0 Å². The van der Waals surface area contributed by atoms with Gasteiger partial charge in [-0.15, -0.1) is 11.3 Å². The van der Waals surface area contributed by atoms with Crippen molar-refractivity contribution in [3.8, 4) is 0 Å². The number of aliphatic carboxylic acids is 1. The lowest BCUT2D eigenvalue weighted by molar-refractivity contribution is -0.305. The van der Waals surface area contributed by atoms with Crippen LogP contribution in [0.5, 0.6) is 0 Å². The molecule has 1 aromatic heterocycles. The normalized spacial score (nSPS) is 9.91. The number of halogens is 1. The van der Waals surface area contributed by atoms with Gasteiger partial charge in [0, 0.05) is 17.0 Å². The quantitative estimate of drug-likeness (QED) is 0.697. The standard InChI is InChI=1S/C6H6ClNO2S/c7-6-8-3-4(11-6)1-2-5(9)10/h3H,1-2H2,(H,9,10)/p-1. The van der Waals surface area contributed by atoms with Crippen LogP contribution in [0.4, 0.5) is 0 Å². The van der Waals surface area contributed by atoms with E-state index in [0.29, 0.717) is 10.9 Å². The Morgan fingerprint density at radius 2 is 2.55 bits per heavy atom. The minimum atomic E-state index is -1.05. The predicted octanol–water partition coefficient (Wildman–Crippen LogP) is 0.479. The first-order valence-electron chi connectivity index (χ1n) is 2.98. The molecule has 0 aliphatic carbocycles. The maximum Gasteiger partial charge on any atom is 0.183 e. The minimum Gasteiger partial charge on any atom is -0.550 e. The van der Waals surface area contributed by atoms with E-state index in [1.807, 2.05) is 0 Å². The Kier molecular flexibility index (Phi) is 2.84. The van der Waals surface area contributed by atoms with Crippen molar-refractivity contribution >= 4 is 28.9 Å². The molecule has 11 heavy (non-hydrogen) atoms. The molecule has 0 saturated carbocycles. The van der Waals surface area contributed by atoms with Crippen LogP contribution in [0.15, 0.2) is 6.20 Å². The molecule has 0 aromatic carbocycles. The summed E-state index contributed by atoms with van der Waals surface area (Å²) < 4.78 is 0.443. The number of rotatable bonds is 3. The molecule has 0 fully saturated rings. The van der Waals surface area contributed by atoms with E-state index in [2.05, 4.69) is 4.98 Å². The van der Waals surface area contributed by atoms with E-state index in [1.165, 1.54) is 11.3 Å². The highest BCUT2D eigenvalue weighted by molar-refractivity contribution is 7.15. The fourth-order valence-electron chi connectivity index (χ4n) is 0.624. The summed E-state index contributed by atoms with van der Waals surface area (Å²) in [5.74, 6) is -1.05. The van der Waals surface area contributed by atoms with Crippen LogP contribution < -0.4 is 5.11 Å². The number of aromatic nitrogens is 1. The summed E-state index contributed by atoms with van der Waals surface area (Å²) in [6.45, 7) is 0. The number of aryl methyl sites for hydroxylation is 1. The van der Waals surface area contributed by atoms with E-state index < -0.39 is 5.97 Å². The van der Waals surface area contributed by atoms with E-state index in [9.17, 15) is 9.90 Å². The van der Waals surface area contributed by atoms with Crippen molar-refractivity contribution in [2.24, 2.45) is 0 Å². The second kappa shape index (κ2) is 3.69. The molecule has 3 nitrogen and oxygen atoms in total. The molecule has 0 bridgehead atoms. The smallest absolute Gasteiger partial charge is 0.183 e. The number of carbonyl (C=O) groups excluding carboxylic acids is 1. The molecule has 0 radical (unpaired) electrons. The van der Waals surface area contributed by atoms with E-state index >= 15 is 0 Å². The van der Waals surface area contributed by atoms with Gasteiger partial charge >= 0.3 is 0 Å². The zero-order chi connectivity index (χ0) is 8.27. The molecule has 0 N–H and O–H groups in total. The van der Waals surface area contributed by atoms with Gasteiger partial charge in [-0.3, -0.25) is 0 Å². The third-order valence-electron chi connectivity index (χ3n) is 1.10. The minimum absolute atomic E-state index is 0.0263. The number of thiazole rings is 1. The third kappa shape index (κ3) is 2.86. The highest BCUT2D eigenvalue weighted by Crippen LogP contribution is 2.18. The number of nitrogens with zero attached hydrogens (tertiary/aromatic N) is 1. The van der Waals surface area contributed by atoms with Crippen molar-refractivity contribution in [1.82, 2.24) is 4.98 Å². The molecule has 0 saturated heterocycles. The topological polar surface area (TPSA) is 53.0 Å². The van der Waals surface area contributed by atoms with E-state index in [4.69, 9.17) is 11.6 Å². The van der Waals surface area contributed by atoms with E-state index in [-0.39, 0.29) is 6.42 Å². The molecule has 60 valence electrons. The number of carboxylic acid groups (broad SMARTS) is 1. The average molecular weight is 191 g/mol. The number of hydrogen-bond acceptors (Lipinski definition) is 4. The second-order valence-corrected chi connectivity index (χ2v) is 3.65. The van der Waals surface area contributed by atoms with Crippen molar-refractivity contribution in [2.45, 2.75) is 12.8 Å². The van der Waals surface area contributed by atoms with Crippen LogP contribution >= 0.6 is 22.9 Å². The lowest BCUT2D eigenvalue weighted by atomic mass is 10.3. The number of hydrogen-bond donors (Lipinski definition) is 0. The molecule has 1 heterocycles. The average Bonchev–Trinajstić information content (AvgIpc) is 2.31. The zero-order valence-corrected chi connectivity index (χ0v) is 7.11. The molecule has 1 rings (SSSR count). The summed E-state index contributed by atoms with van der Waals surface area (Å²) in [6, 6.07) is 0. The molecule has 0 aliphatic rings. The van der Waals surface area contributed by atoms with Crippen molar-refractivity contribution in [3.05, 3.63) is 15.5 Å². The van der Waals surface area contributed by atoms with Gasteiger partial charge in [-0.1, -0.05) is 11.6 Å². The fourth-order valence-corrected chi connectivity index (χ4v) is 1.60. The molecule has 0 atom stereocenters. The highest BCUT2D eigenvalue weighted by Gasteiger charge is 1.98. The van der Waals surface area contributed by atoms with Crippen LogP contribution in [-0.4, -0.2) is 11.0 Å². The first-order chi connectivity index (χ1) is 5.18. The molecule has 0 amide bonds. The van der Waals surface area contributed by atoms with Crippen molar-refractivity contribution < 1.29 is 9.90 Å². The first kappa shape index (κ1) is 8.49. The van der Waals surface area contributed by atoms with Gasteiger partial charge in [-0.05, 0) is 12.8 Å². The fraction of sp³-hybridized carbons (Fsp3) is 0.333. The molecule has 0 aliphatic heterocycles. The van der Waals surface area contributed by atoms with Crippen LogP contribution in [-0.2, 0) is 11.2 Å². The van der Waals surface area contributed by atoms with Gasteiger partial charge in [-0.2, -0.15) is 0 Å². The van der Waals surface area contributed by atoms with Gasteiger partial charge in [0.05, 0.1) is 0 Å². The van der Waals surface area contributed by atoms with Gasteiger partial charge in [0.15, 0.2) is 4.47 Å². The molecular formula is C6H5ClNO2S-. The Bertz CT molecular complexity index is 261. The summed E-state index contributed by atoms with van der Waals surface area (Å²) in [4.78, 5) is 14.7. The summed E-state index contributed by atoms with van der Waals surface area (Å²) >= 11 is 6.81. The third-order valence-corrected chi connectivity index (χ3v) is 2.28. The van der Waals surface area contributed by atoms with Gasteiger partial charge in [-0.25, -0.2) is 4.98 Å². The molecule has 0 spiro atoms. The van der Waals surface area contributed by atoms with Gasteiger partial charge < -0.3 is 9.90 Å². The lowest BCUT2D eigenvalue weighted by Gasteiger charge is -1.96. The van der Waals surface area contributed by atoms with E-state index in [1.54, 1.807) is 6.20 Å². The Balaban J connectivity index is 2.45. The van der Waals surface area contributed by atoms with Gasteiger partial charge in [0.2, 0.25) is 0 Å². The predicted molar refractivity (Wildman–Crippen MR) is 40.5 cm³/mol. The van der Waals surface area contributed by atoms with E-state index in [0.717, 1.165) is 4.88 Å². The highest BCUT2D eigenvalue weighted by atomic mass is 35.5. The maximum atomic E-state index is 10.0. The van der Waals surface area contributed by atoms with Gasteiger partial charge in [0.1, 0.15) is 0 Å². The summed E-state index contributed by atoms with van der Waals surface area (Å²) in [5, 5.41) is 10.0. The molecular weight excluding hydrogens is 186 g/mol. The Morgan fingerprint density at radius 3 is 3.00 bits per heavy atom. The molecule has 1 aromatic rings. The Hall–Kier alpha value is -0.610. The van der Waals surface area contributed by atoms with Crippen molar-refractivity contribution in [2.75, 3.05) is 0 Å². The van der Waals surface area contributed by atoms with Crippen LogP contribution in [0.2, 0.25) is 4.47 Å². The van der Waals surface area contributed by atoms with Crippen LogP contribution in [0.3, 0.4) is 0 Å². The lowest BCUT2D eigenvalue weighted by Crippen LogP contribution is -2.22. The molecule has 0 unspecified atom stereocenters. The van der Waals surface area contributed by atoms with Crippen LogP contribution in [0.1, 0.15) is 11.3 Å². The van der Waals surface area contributed by atoms with Crippen molar-refractivity contribution in [3.63, 3.8) is 0 Å². The second-order valence-electron chi connectivity index (χ2n) is 1.95. The Morgan fingerprint density at radius 1 is 1.82 bits per heavy atom. The monoisotopic (exact) mass is 190 g/mol. The summed E-state index contributed by atoms with van der Waals surface area (Å²) in [7, 11) is 0. The zero-order valence-electron chi connectivity index (χ0n) is 5.54. The van der Waals surface area contributed by atoms with Crippen LogP contribution in [0.25, 0.3) is 0 Å². The number of carboxylic acids is 1. The summed E-state index contributed by atoms with van der Waals surface area (Å²) in [6.07, 6.45) is 2.06. The number of carbonyl (C=O) groups is 1. The first-order valence-corrected chi connectivity index (χ1v) is 4.18. The molecule has 5 heteroatoms. The largest absolute Gasteiger partial charge is 0.550 e. The van der Waals surface area contributed by atoms with Gasteiger partial charge in [0.25, 0.3) is 0 Å².